The molecule has 0 aromatic carbocycles. The predicted octanol–water partition coefficient (Wildman–Crippen LogP) is 4.76. The Kier molecular flexibility index (Phi) is 5.50. The fraction of sp³-hybridized carbons (Fsp3) is 1.00. The van der Waals surface area contributed by atoms with E-state index in [-0.39, 0.29) is 5.54 Å². The minimum absolute atomic E-state index is 0.260. The van der Waals surface area contributed by atoms with Crippen LogP contribution in [0.1, 0.15) is 79.6 Å². The van der Waals surface area contributed by atoms with Crippen molar-refractivity contribution in [1.29, 1.82) is 0 Å². The van der Waals surface area contributed by atoms with Gasteiger partial charge in [-0.1, -0.05) is 33.1 Å². The summed E-state index contributed by atoms with van der Waals surface area (Å²) in [6.07, 6.45) is 9.93. The molecule has 0 saturated heterocycles. The maximum absolute atomic E-state index is 3.77. The summed E-state index contributed by atoms with van der Waals surface area (Å²) in [7, 11) is 0. The third-order valence-electron chi connectivity index (χ3n) is 4.67. The van der Waals surface area contributed by atoms with Crippen molar-refractivity contribution in [2.45, 2.75) is 85.1 Å². The van der Waals surface area contributed by atoms with E-state index in [4.69, 9.17) is 0 Å². The number of hydrogen-bond acceptors (Lipinski definition) is 1. The standard InChI is InChI=1S/C16H33N/c1-6-8-12-16(7-2,14-10-9-11-14)13-17-15(3,4)5/h14,17H,6-13H2,1-5H3. The maximum Gasteiger partial charge on any atom is 0.00967 e. The molecule has 0 bridgehead atoms. The molecule has 102 valence electrons. The molecule has 0 aromatic heterocycles. The smallest absolute Gasteiger partial charge is 0.00967 e. The zero-order valence-corrected chi connectivity index (χ0v) is 12.7. The van der Waals surface area contributed by atoms with Crippen LogP contribution in [0.15, 0.2) is 0 Å². The Morgan fingerprint density at radius 1 is 1.12 bits per heavy atom. The molecule has 1 aliphatic rings. The first-order valence-corrected chi connectivity index (χ1v) is 7.68. The molecule has 0 aromatic rings. The van der Waals surface area contributed by atoms with Gasteiger partial charge in [0.25, 0.3) is 0 Å². The molecule has 1 N–H and O–H groups in total. The van der Waals surface area contributed by atoms with Gasteiger partial charge < -0.3 is 5.32 Å². The number of nitrogens with one attached hydrogen (secondary N) is 1. The fourth-order valence-electron chi connectivity index (χ4n) is 3.02. The first-order chi connectivity index (χ1) is 7.93. The average molecular weight is 239 g/mol. The molecule has 0 spiro atoms. The normalized spacial score (nSPS) is 21.0. The zero-order chi connectivity index (χ0) is 12.9. The largest absolute Gasteiger partial charge is 0.312 e. The molecule has 1 rings (SSSR count). The Balaban J connectivity index is 2.61. The third kappa shape index (κ3) is 4.28. The van der Waals surface area contributed by atoms with Gasteiger partial charge >= 0.3 is 0 Å². The van der Waals surface area contributed by atoms with Gasteiger partial charge in [0.1, 0.15) is 0 Å². The van der Waals surface area contributed by atoms with Gasteiger partial charge in [0, 0.05) is 12.1 Å². The van der Waals surface area contributed by atoms with E-state index in [9.17, 15) is 0 Å². The Morgan fingerprint density at radius 3 is 2.12 bits per heavy atom. The highest BCUT2D eigenvalue weighted by molar-refractivity contribution is 4.93. The summed E-state index contributed by atoms with van der Waals surface area (Å²) in [6, 6.07) is 0. The molecule has 0 radical (unpaired) electrons. The van der Waals surface area contributed by atoms with Gasteiger partial charge in [0.2, 0.25) is 0 Å². The Hall–Kier alpha value is -0.0400. The maximum atomic E-state index is 3.77. The van der Waals surface area contributed by atoms with E-state index in [1.807, 2.05) is 0 Å². The molecule has 0 amide bonds. The van der Waals surface area contributed by atoms with Crippen molar-refractivity contribution >= 4 is 0 Å². The molecule has 1 fully saturated rings. The van der Waals surface area contributed by atoms with Crippen LogP contribution in [0.3, 0.4) is 0 Å². The van der Waals surface area contributed by atoms with Crippen LogP contribution in [-0.4, -0.2) is 12.1 Å². The quantitative estimate of drug-likeness (QED) is 0.675. The highest BCUT2D eigenvalue weighted by Crippen LogP contribution is 2.47. The molecule has 0 aliphatic heterocycles. The van der Waals surface area contributed by atoms with Crippen LogP contribution in [0.4, 0.5) is 0 Å². The van der Waals surface area contributed by atoms with E-state index in [0.717, 1.165) is 5.92 Å². The van der Waals surface area contributed by atoms with E-state index in [0.29, 0.717) is 5.41 Å². The van der Waals surface area contributed by atoms with E-state index in [1.54, 1.807) is 0 Å². The lowest BCUT2D eigenvalue weighted by molar-refractivity contribution is 0.0572. The lowest BCUT2D eigenvalue weighted by atomic mass is 9.61. The van der Waals surface area contributed by atoms with Crippen LogP contribution < -0.4 is 5.32 Å². The first-order valence-electron chi connectivity index (χ1n) is 7.68. The van der Waals surface area contributed by atoms with Crippen molar-refractivity contribution in [3.05, 3.63) is 0 Å². The number of rotatable bonds is 7. The van der Waals surface area contributed by atoms with Gasteiger partial charge in [0.05, 0.1) is 0 Å². The average Bonchev–Trinajstić information content (AvgIpc) is 2.18. The Labute approximate surface area is 109 Å². The summed E-state index contributed by atoms with van der Waals surface area (Å²) in [5, 5.41) is 3.77. The SMILES string of the molecule is CCCCC(CC)(CNC(C)(C)C)C1CCC1. The molecule has 17 heavy (non-hydrogen) atoms. The minimum atomic E-state index is 0.260. The molecule has 1 atom stereocenters. The van der Waals surface area contributed by atoms with Crippen LogP contribution in [0, 0.1) is 11.3 Å². The summed E-state index contributed by atoms with van der Waals surface area (Å²) < 4.78 is 0. The van der Waals surface area contributed by atoms with Crippen LogP contribution in [0.25, 0.3) is 0 Å². The van der Waals surface area contributed by atoms with Crippen molar-refractivity contribution < 1.29 is 0 Å². The zero-order valence-electron chi connectivity index (χ0n) is 12.7. The van der Waals surface area contributed by atoms with E-state index in [1.165, 1.54) is 51.5 Å². The van der Waals surface area contributed by atoms with Crippen molar-refractivity contribution in [3.63, 3.8) is 0 Å². The third-order valence-corrected chi connectivity index (χ3v) is 4.67. The van der Waals surface area contributed by atoms with Crippen LogP contribution >= 0.6 is 0 Å². The summed E-state index contributed by atoms with van der Waals surface area (Å²) in [4.78, 5) is 0. The summed E-state index contributed by atoms with van der Waals surface area (Å²) in [6.45, 7) is 12.8. The molecule has 1 saturated carbocycles. The molecule has 1 unspecified atom stereocenters. The first kappa shape index (κ1) is 15.0. The fourth-order valence-corrected chi connectivity index (χ4v) is 3.02. The van der Waals surface area contributed by atoms with Gasteiger partial charge in [-0.2, -0.15) is 0 Å². The van der Waals surface area contributed by atoms with Gasteiger partial charge in [-0.25, -0.2) is 0 Å². The monoisotopic (exact) mass is 239 g/mol. The van der Waals surface area contributed by atoms with Crippen molar-refractivity contribution in [2.75, 3.05) is 6.54 Å². The summed E-state index contributed by atoms with van der Waals surface area (Å²) >= 11 is 0. The predicted molar refractivity (Wildman–Crippen MR) is 77.3 cm³/mol. The van der Waals surface area contributed by atoms with Crippen molar-refractivity contribution in [3.8, 4) is 0 Å². The van der Waals surface area contributed by atoms with Gasteiger partial charge in [-0.05, 0) is 57.8 Å². The molecule has 1 heteroatoms. The second-order valence-electron chi connectivity index (χ2n) is 7.05. The van der Waals surface area contributed by atoms with E-state index < -0.39 is 0 Å². The van der Waals surface area contributed by atoms with Crippen LogP contribution in [-0.2, 0) is 0 Å². The minimum Gasteiger partial charge on any atom is -0.312 e. The van der Waals surface area contributed by atoms with Gasteiger partial charge in [0.15, 0.2) is 0 Å². The van der Waals surface area contributed by atoms with E-state index >= 15 is 0 Å². The molecular formula is C16H33N. The molecule has 1 nitrogen and oxygen atoms in total. The second kappa shape index (κ2) is 6.22. The lowest BCUT2D eigenvalue weighted by Crippen LogP contribution is -2.48. The highest BCUT2D eigenvalue weighted by Gasteiger charge is 2.40. The topological polar surface area (TPSA) is 12.0 Å². The van der Waals surface area contributed by atoms with Crippen molar-refractivity contribution in [2.24, 2.45) is 11.3 Å². The Bertz CT molecular complexity index is 212. The lowest BCUT2D eigenvalue weighted by Gasteiger charge is -2.47. The van der Waals surface area contributed by atoms with Crippen molar-refractivity contribution in [1.82, 2.24) is 5.32 Å². The number of hydrogen-bond donors (Lipinski definition) is 1. The summed E-state index contributed by atoms with van der Waals surface area (Å²) in [5.41, 5.74) is 0.845. The van der Waals surface area contributed by atoms with Crippen LogP contribution in [0.2, 0.25) is 0 Å². The summed E-state index contributed by atoms with van der Waals surface area (Å²) in [5.74, 6) is 0.994. The highest BCUT2D eigenvalue weighted by atomic mass is 15.0. The molecule has 1 aliphatic carbocycles. The Morgan fingerprint density at radius 2 is 1.76 bits per heavy atom. The van der Waals surface area contributed by atoms with Gasteiger partial charge in [-0.15, -0.1) is 0 Å². The van der Waals surface area contributed by atoms with Crippen LogP contribution in [0.5, 0.6) is 0 Å². The second-order valence-corrected chi connectivity index (χ2v) is 7.05. The van der Waals surface area contributed by atoms with Gasteiger partial charge in [-0.3, -0.25) is 0 Å². The molecular weight excluding hydrogens is 206 g/mol. The van der Waals surface area contributed by atoms with E-state index in [2.05, 4.69) is 39.9 Å². The number of unbranched alkanes of at least 4 members (excludes halogenated alkanes) is 1. The molecule has 0 heterocycles.